The Morgan fingerprint density at radius 3 is 2.71 bits per heavy atom. The molecule has 0 aromatic heterocycles. The second kappa shape index (κ2) is 6.59. The fourth-order valence-corrected chi connectivity index (χ4v) is 1.24. The van der Waals surface area contributed by atoms with E-state index in [2.05, 4.69) is 5.32 Å². The van der Waals surface area contributed by atoms with E-state index in [0.717, 1.165) is 5.56 Å². The Morgan fingerprint density at radius 1 is 1.35 bits per heavy atom. The van der Waals surface area contributed by atoms with Crippen LogP contribution in [-0.2, 0) is 11.3 Å². The average molecular weight is 241 g/mol. The summed E-state index contributed by atoms with van der Waals surface area (Å²) in [6.07, 6.45) is -1.07. The van der Waals surface area contributed by atoms with E-state index in [1.165, 1.54) is 14.2 Å². The lowest BCUT2D eigenvalue weighted by Crippen LogP contribution is -2.19. The molecule has 2 N–H and O–H groups in total. The van der Waals surface area contributed by atoms with Gasteiger partial charge in [0, 0.05) is 13.7 Å². The molecule has 0 bridgehead atoms. The maximum absolute atomic E-state index is 10.4. The van der Waals surface area contributed by atoms with Gasteiger partial charge in [0.15, 0.2) is 18.3 Å². The van der Waals surface area contributed by atoms with Crippen LogP contribution in [0.25, 0.3) is 0 Å². The molecule has 0 aliphatic heterocycles. The third-order valence-electron chi connectivity index (χ3n) is 2.00. The van der Waals surface area contributed by atoms with Gasteiger partial charge in [-0.15, -0.1) is 0 Å². The summed E-state index contributed by atoms with van der Waals surface area (Å²) >= 11 is 0. The first-order chi connectivity index (χ1) is 8.17. The Bertz CT molecular complexity index is 380. The molecule has 0 aliphatic carbocycles. The molecule has 1 aromatic rings. The fourth-order valence-electron chi connectivity index (χ4n) is 1.24. The molecular formula is C11H15NO5. The molecule has 0 unspecified atom stereocenters. The van der Waals surface area contributed by atoms with Crippen molar-refractivity contribution in [2.75, 3.05) is 21.0 Å². The summed E-state index contributed by atoms with van der Waals surface area (Å²) in [4.78, 5) is 10.4. The third kappa shape index (κ3) is 4.20. The summed E-state index contributed by atoms with van der Waals surface area (Å²) in [5.41, 5.74) is 0.786. The molecule has 0 saturated carbocycles. The molecule has 1 aromatic carbocycles. The average Bonchev–Trinajstić information content (AvgIpc) is 2.34. The minimum absolute atomic E-state index is 0.128. The molecular weight excluding hydrogens is 226 g/mol. The molecule has 0 saturated heterocycles. The summed E-state index contributed by atoms with van der Waals surface area (Å²) in [5, 5.41) is 10.8. The molecule has 0 aliphatic rings. The van der Waals surface area contributed by atoms with Crippen LogP contribution in [-0.4, -0.2) is 32.2 Å². The Balaban J connectivity index is 2.73. The molecule has 0 fully saturated rings. The second-order valence-corrected chi connectivity index (χ2v) is 3.19. The molecule has 6 heteroatoms. The van der Waals surface area contributed by atoms with Crippen LogP contribution in [0, 0.1) is 0 Å². The van der Waals surface area contributed by atoms with Gasteiger partial charge >= 0.3 is 6.09 Å². The minimum atomic E-state index is -1.07. The number of benzene rings is 1. The number of hydrogen-bond acceptors (Lipinski definition) is 4. The lowest BCUT2D eigenvalue weighted by atomic mass is 10.2. The molecule has 1 rings (SSSR count). The van der Waals surface area contributed by atoms with Gasteiger partial charge in [-0.05, 0) is 17.7 Å². The Morgan fingerprint density at radius 2 is 2.12 bits per heavy atom. The minimum Gasteiger partial charge on any atom is -0.493 e. The van der Waals surface area contributed by atoms with E-state index in [1.807, 2.05) is 0 Å². The zero-order chi connectivity index (χ0) is 12.7. The van der Waals surface area contributed by atoms with Crippen molar-refractivity contribution in [2.45, 2.75) is 6.54 Å². The van der Waals surface area contributed by atoms with Gasteiger partial charge < -0.3 is 24.6 Å². The van der Waals surface area contributed by atoms with Crippen molar-refractivity contribution in [1.29, 1.82) is 0 Å². The van der Waals surface area contributed by atoms with E-state index < -0.39 is 6.09 Å². The monoisotopic (exact) mass is 241 g/mol. The van der Waals surface area contributed by atoms with Crippen molar-refractivity contribution < 1.29 is 24.1 Å². The van der Waals surface area contributed by atoms with Gasteiger partial charge in [-0.25, -0.2) is 4.79 Å². The molecule has 0 heterocycles. The van der Waals surface area contributed by atoms with Gasteiger partial charge in [0.05, 0.1) is 7.11 Å². The van der Waals surface area contributed by atoms with E-state index in [-0.39, 0.29) is 13.3 Å². The topological polar surface area (TPSA) is 77.0 Å². The Kier molecular flexibility index (Phi) is 5.09. The van der Waals surface area contributed by atoms with Gasteiger partial charge in [-0.1, -0.05) is 6.07 Å². The molecule has 0 spiro atoms. The zero-order valence-corrected chi connectivity index (χ0v) is 9.73. The normalized spacial score (nSPS) is 9.76. The van der Waals surface area contributed by atoms with E-state index in [4.69, 9.17) is 19.3 Å². The number of hydrogen-bond donors (Lipinski definition) is 2. The predicted molar refractivity (Wildman–Crippen MR) is 60.4 cm³/mol. The number of rotatable bonds is 6. The van der Waals surface area contributed by atoms with Crippen LogP contribution in [0.5, 0.6) is 11.5 Å². The van der Waals surface area contributed by atoms with Crippen molar-refractivity contribution in [3.63, 3.8) is 0 Å². The first kappa shape index (κ1) is 13.1. The summed E-state index contributed by atoms with van der Waals surface area (Å²) in [5.74, 6) is 1.08. The van der Waals surface area contributed by atoms with Crippen molar-refractivity contribution >= 4 is 6.09 Å². The molecule has 0 atom stereocenters. The van der Waals surface area contributed by atoms with Crippen LogP contribution < -0.4 is 14.8 Å². The van der Waals surface area contributed by atoms with Gasteiger partial charge in [-0.3, -0.25) is 0 Å². The highest BCUT2D eigenvalue weighted by atomic mass is 16.7. The highest BCUT2D eigenvalue weighted by Gasteiger charge is 2.06. The van der Waals surface area contributed by atoms with E-state index in [9.17, 15) is 4.79 Å². The van der Waals surface area contributed by atoms with Crippen molar-refractivity contribution in [1.82, 2.24) is 5.32 Å². The number of nitrogens with one attached hydrogen (secondary N) is 1. The maximum Gasteiger partial charge on any atom is 0.404 e. The van der Waals surface area contributed by atoms with E-state index in [1.54, 1.807) is 18.2 Å². The summed E-state index contributed by atoms with van der Waals surface area (Å²) in [6, 6.07) is 5.17. The second-order valence-electron chi connectivity index (χ2n) is 3.19. The lowest BCUT2D eigenvalue weighted by molar-refractivity contribution is 0.0491. The number of ether oxygens (including phenoxy) is 3. The largest absolute Gasteiger partial charge is 0.493 e. The smallest absolute Gasteiger partial charge is 0.404 e. The van der Waals surface area contributed by atoms with Gasteiger partial charge in [0.2, 0.25) is 0 Å². The quantitative estimate of drug-likeness (QED) is 0.737. The number of carboxylic acid groups (broad SMARTS) is 1. The van der Waals surface area contributed by atoms with Crippen LogP contribution >= 0.6 is 0 Å². The summed E-state index contributed by atoms with van der Waals surface area (Å²) in [6.45, 7) is 0.347. The van der Waals surface area contributed by atoms with Gasteiger partial charge in [0.1, 0.15) is 0 Å². The molecule has 0 radical (unpaired) electrons. The van der Waals surface area contributed by atoms with Gasteiger partial charge in [0.25, 0.3) is 0 Å². The van der Waals surface area contributed by atoms with Crippen LogP contribution in [0.1, 0.15) is 5.56 Å². The molecule has 94 valence electrons. The number of carbonyl (C=O) groups is 1. The van der Waals surface area contributed by atoms with Crippen molar-refractivity contribution in [3.8, 4) is 11.5 Å². The number of methoxy groups -OCH3 is 2. The highest BCUT2D eigenvalue weighted by Crippen LogP contribution is 2.27. The lowest BCUT2D eigenvalue weighted by Gasteiger charge is -2.11. The SMILES string of the molecule is COCOc1ccc(CNC(=O)O)cc1OC. The molecule has 1 amide bonds. The maximum atomic E-state index is 10.4. The van der Waals surface area contributed by atoms with Crippen LogP contribution in [0.2, 0.25) is 0 Å². The van der Waals surface area contributed by atoms with Crippen molar-refractivity contribution in [2.24, 2.45) is 0 Å². The Hall–Kier alpha value is -1.95. The zero-order valence-electron chi connectivity index (χ0n) is 9.73. The van der Waals surface area contributed by atoms with Crippen molar-refractivity contribution in [3.05, 3.63) is 23.8 Å². The summed E-state index contributed by atoms with van der Waals surface area (Å²) < 4.78 is 15.2. The van der Waals surface area contributed by atoms with E-state index >= 15 is 0 Å². The standard InChI is InChI=1S/C11H15NO5/c1-15-7-17-9-4-3-8(5-10(9)16-2)6-12-11(13)14/h3-5,12H,6-7H2,1-2H3,(H,13,14). The first-order valence-corrected chi connectivity index (χ1v) is 4.92. The third-order valence-corrected chi connectivity index (χ3v) is 2.00. The summed E-state index contributed by atoms with van der Waals surface area (Å²) in [7, 11) is 3.04. The van der Waals surface area contributed by atoms with Crippen LogP contribution in [0.3, 0.4) is 0 Å². The first-order valence-electron chi connectivity index (χ1n) is 4.92. The predicted octanol–water partition coefficient (Wildman–Crippen LogP) is 1.45. The highest BCUT2D eigenvalue weighted by molar-refractivity contribution is 5.64. The van der Waals surface area contributed by atoms with Crippen LogP contribution in [0.4, 0.5) is 4.79 Å². The van der Waals surface area contributed by atoms with Gasteiger partial charge in [-0.2, -0.15) is 0 Å². The Labute approximate surface area is 99.1 Å². The van der Waals surface area contributed by atoms with E-state index in [0.29, 0.717) is 11.5 Å². The number of amides is 1. The molecule has 17 heavy (non-hydrogen) atoms. The fraction of sp³-hybridized carbons (Fsp3) is 0.364. The molecule has 6 nitrogen and oxygen atoms in total. The van der Waals surface area contributed by atoms with Crippen LogP contribution in [0.15, 0.2) is 18.2 Å².